The minimum atomic E-state index is 0.0452. The van der Waals surface area contributed by atoms with E-state index in [2.05, 4.69) is 15.5 Å². The van der Waals surface area contributed by atoms with Crippen molar-refractivity contribution >= 4 is 29.0 Å². The number of thiophene rings is 1. The topological polar surface area (TPSA) is 63.9 Å². The molecule has 0 aliphatic carbocycles. The zero-order valence-corrected chi connectivity index (χ0v) is 14.1. The number of benzene rings is 1. The van der Waals surface area contributed by atoms with Crippen LogP contribution in [0.1, 0.15) is 5.56 Å². The van der Waals surface area contributed by atoms with Crippen LogP contribution in [0.4, 0.5) is 0 Å². The number of rotatable bonds is 6. The Morgan fingerprint density at radius 3 is 2.87 bits per heavy atom. The molecule has 0 fully saturated rings. The number of carbonyl (C=O) groups excluding carboxylic acids is 1. The summed E-state index contributed by atoms with van der Waals surface area (Å²) >= 11 is 2.97. The van der Waals surface area contributed by atoms with Gasteiger partial charge in [0.25, 0.3) is 0 Å². The van der Waals surface area contributed by atoms with Crippen LogP contribution in [0, 0.1) is 0 Å². The molecule has 3 aromatic rings. The van der Waals surface area contributed by atoms with E-state index in [9.17, 15) is 4.79 Å². The average Bonchev–Trinajstić information content (AvgIpc) is 3.24. The zero-order valence-electron chi connectivity index (χ0n) is 12.5. The average molecular weight is 345 g/mol. The van der Waals surface area contributed by atoms with Crippen molar-refractivity contribution in [2.24, 2.45) is 0 Å². The molecule has 118 valence electrons. The molecule has 8 heteroatoms. The Hall–Kier alpha value is -2.19. The van der Waals surface area contributed by atoms with Gasteiger partial charge in [-0.2, -0.15) is 16.0 Å². The lowest BCUT2D eigenvalue weighted by atomic mass is 10.3. The van der Waals surface area contributed by atoms with Crippen molar-refractivity contribution in [2.75, 3.05) is 12.8 Å². The number of thioether (sulfide) groups is 1. The molecule has 0 radical (unpaired) electrons. The molecule has 3 rings (SSSR count). The highest BCUT2D eigenvalue weighted by atomic mass is 32.2. The van der Waals surface area contributed by atoms with Gasteiger partial charge in [-0.25, -0.2) is 0 Å². The van der Waals surface area contributed by atoms with E-state index < -0.39 is 0 Å². The van der Waals surface area contributed by atoms with Crippen molar-refractivity contribution in [3.8, 4) is 5.69 Å². The molecular weight excluding hydrogens is 330 g/mol. The molecule has 0 unspecified atom stereocenters. The van der Waals surface area contributed by atoms with Crippen LogP contribution >= 0.6 is 23.1 Å². The van der Waals surface area contributed by atoms with Crippen molar-refractivity contribution in [3.63, 3.8) is 0 Å². The van der Waals surface area contributed by atoms with E-state index in [1.807, 2.05) is 47.2 Å². The Balaban J connectivity index is 1.60. The highest BCUT2D eigenvalue weighted by Gasteiger charge is 2.14. The van der Waals surface area contributed by atoms with Crippen molar-refractivity contribution in [1.29, 1.82) is 0 Å². The molecule has 0 aliphatic heterocycles. The zero-order chi connectivity index (χ0) is 16.1. The van der Waals surface area contributed by atoms with Crippen molar-refractivity contribution in [2.45, 2.75) is 11.7 Å². The maximum Gasteiger partial charge on any atom is 0.233 e. The molecule has 0 saturated carbocycles. The fourth-order valence-corrected chi connectivity index (χ4v) is 3.47. The van der Waals surface area contributed by atoms with Gasteiger partial charge in [-0.05, 0) is 44.9 Å². The van der Waals surface area contributed by atoms with Crippen LogP contribution in [0.2, 0.25) is 0 Å². The van der Waals surface area contributed by atoms with Gasteiger partial charge in [-0.1, -0.05) is 30.0 Å². The van der Waals surface area contributed by atoms with E-state index in [0.29, 0.717) is 17.5 Å². The largest absolute Gasteiger partial charge is 0.341 e. The molecule has 0 saturated heterocycles. The van der Waals surface area contributed by atoms with Gasteiger partial charge in [0.1, 0.15) is 0 Å². The first kappa shape index (κ1) is 15.7. The Morgan fingerprint density at radius 1 is 1.30 bits per heavy atom. The second-order valence-corrected chi connectivity index (χ2v) is 6.60. The molecule has 0 bridgehead atoms. The summed E-state index contributed by atoms with van der Waals surface area (Å²) in [5.41, 5.74) is 2.02. The molecule has 0 atom stereocenters. The van der Waals surface area contributed by atoms with Crippen LogP contribution in [-0.4, -0.2) is 43.8 Å². The highest BCUT2D eigenvalue weighted by Crippen LogP contribution is 2.18. The van der Waals surface area contributed by atoms with Gasteiger partial charge in [0, 0.05) is 13.6 Å². The second kappa shape index (κ2) is 7.38. The first-order valence-corrected chi connectivity index (χ1v) is 8.88. The predicted molar refractivity (Wildman–Crippen MR) is 90.7 cm³/mol. The lowest BCUT2D eigenvalue weighted by Crippen LogP contribution is -2.27. The summed E-state index contributed by atoms with van der Waals surface area (Å²) < 4.78 is 1.64. The summed E-state index contributed by atoms with van der Waals surface area (Å²) in [7, 11) is 1.81. The van der Waals surface area contributed by atoms with E-state index in [0.717, 1.165) is 11.3 Å². The van der Waals surface area contributed by atoms with Gasteiger partial charge in [0.2, 0.25) is 11.1 Å². The normalized spacial score (nSPS) is 10.7. The lowest BCUT2D eigenvalue weighted by Gasteiger charge is -2.15. The third kappa shape index (κ3) is 3.96. The van der Waals surface area contributed by atoms with Crippen molar-refractivity contribution < 1.29 is 4.79 Å². The van der Waals surface area contributed by atoms with E-state index in [-0.39, 0.29) is 5.91 Å². The van der Waals surface area contributed by atoms with E-state index >= 15 is 0 Å². The molecule has 0 aliphatic rings. The summed E-state index contributed by atoms with van der Waals surface area (Å²) in [5.74, 6) is 0.345. The third-order valence-electron chi connectivity index (χ3n) is 3.19. The lowest BCUT2D eigenvalue weighted by molar-refractivity contribution is -0.127. The molecule has 23 heavy (non-hydrogen) atoms. The number of amides is 1. The summed E-state index contributed by atoms with van der Waals surface area (Å²) in [4.78, 5) is 14.0. The first-order valence-electron chi connectivity index (χ1n) is 6.95. The standard InChI is InChI=1S/C15H15N5OS2/c1-19(9-12-7-8-22-10-12)14(21)11-23-15-16-17-18-20(15)13-5-3-2-4-6-13/h2-8,10H,9,11H2,1H3. The van der Waals surface area contributed by atoms with Crippen LogP contribution in [0.25, 0.3) is 5.69 Å². The maximum atomic E-state index is 12.2. The van der Waals surface area contributed by atoms with Crippen LogP contribution in [-0.2, 0) is 11.3 Å². The van der Waals surface area contributed by atoms with Crippen LogP contribution in [0.5, 0.6) is 0 Å². The quantitative estimate of drug-likeness (QED) is 0.642. The van der Waals surface area contributed by atoms with E-state index in [1.165, 1.54) is 11.8 Å². The molecule has 2 heterocycles. The van der Waals surface area contributed by atoms with E-state index in [4.69, 9.17) is 0 Å². The Kier molecular flexibility index (Phi) is 5.04. The molecule has 1 aromatic carbocycles. The van der Waals surface area contributed by atoms with Crippen molar-refractivity contribution in [3.05, 3.63) is 52.7 Å². The fourth-order valence-electron chi connectivity index (χ4n) is 1.98. The summed E-state index contributed by atoms with van der Waals surface area (Å²) in [6.07, 6.45) is 0. The molecule has 0 spiro atoms. The minimum absolute atomic E-state index is 0.0452. The van der Waals surface area contributed by atoms with Gasteiger partial charge >= 0.3 is 0 Å². The number of nitrogens with zero attached hydrogens (tertiary/aromatic N) is 5. The number of hydrogen-bond donors (Lipinski definition) is 0. The Bertz CT molecular complexity index is 757. The number of carbonyl (C=O) groups is 1. The molecule has 6 nitrogen and oxygen atoms in total. The van der Waals surface area contributed by atoms with Gasteiger partial charge < -0.3 is 4.90 Å². The second-order valence-electron chi connectivity index (χ2n) is 4.88. The number of aromatic nitrogens is 4. The number of hydrogen-bond acceptors (Lipinski definition) is 6. The maximum absolute atomic E-state index is 12.2. The molecular formula is C15H15N5OS2. The summed E-state index contributed by atoms with van der Waals surface area (Å²) in [6, 6.07) is 11.6. The predicted octanol–water partition coefficient (Wildman–Crippen LogP) is 2.47. The van der Waals surface area contributed by atoms with E-state index in [1.54, 1.807) is 28.0 Å². The third-order valence-corrected chi connectivity index (χ3v) is 4.83. The van der Waals surface area contributed by atoms with Crippen LogP contribution < -0.4 is 0 Å². The van der Waals surface area contributed by atoms with Gasteiger partial charge in [-0.3, -0.25) is 4.79 Å². The van der Waals surface area contributed by atoms with Crippen LogP contribution in [0.3, 0.4) is 0 Å². The molecule has 2 aromatic heterocycles. The Morgan fingerprint density at radius 2 is 2.13 bits per heavy atom. The van der Waals surface area contributed by atoms with Gasteiger partial charge in [0.05, 0.1) is 11.4 Å². The minimum Gasteiger partial charge on any atom is -0.341 e. The van der Waals surface area contributed by atoms with Gasteiger partial charge in [0.15, 0.2) is 0 Å². The molecule has 0 N–H and O–H groups in total. The SMILES string of the molecule is CN(Cc1ccsc1)C(=O)CSc1nnnn1-c1ccccc1. The summed E-state index contributed by atoms with van der Waals surface area (Å²) in [5, 5.41) is 16.3. The smallest absolute Gasteiger partial charge is 0.233 e. The number of para-hydroxylation sites is 1. The molecule has 1 amide bonds. The monoisotopic (exact) mass is 345 g/mol. The summed E-state index contributed by atoms with van der Waals surface area (Å²) in [6.45, 7) is 0.618. The number of tetrazole rings is 1. The van der Waals surface area contributed by atoms with Crippen LogP contribution in [0.15, 0.2) is 52.3 Å². The Labute approximate surface area is 142 Å². The van der Waals surface area contributed by atoms with Gasteiger partial charge in [-0.15, -0.1) is 5.10 Å². The highest BCUT2D eigenvalue weighted by molar-refractivity contribution is 7.99. The van der Waals surface area contributed by atoms with Crippen molar-refractivity contribution in [1.82, 2.24) is 25.1 Å². The fraction of sp³-hybridized carbons (Fsp3) is 0.200. The first-order chi connectivity index (χ1) is 11.2.